The Balaban J connectivity index is 3.54. The highest BCUT2D eigenvalue weighted by molar-refractivity contribution is 7.99. The molecule has 0 saturated carbocycles. The van der Waals surface area contributed by atoms with Gasteiger partial charge in [0.05, 0.1) is 0 Å². The van der Waals surface area contributed by atoms with Crippen molar-refractivity contribution in [3.63, 3.8) is 0 Å². The first-order chi connectivity index (χ1) is 6.24. The molecule has 1 N–H and O–H groups in total. The minimum atomic E-state index is 0.579. The van der Waals surface area contributed by atoms with E-state index in [1.165, 1.54) is 12.2 Å². The summed E-state index contributed by atoms with van der Waals surface area (Å²) in [5.74, 6) is 3.86. The predicted molar refractivity (Wildman–Crippen MR) is 63.1 cm³/mol. The van der Waals surface area contributed by atoms with Crippen LogP contribution in [0.3, 0.4) is 0 Å². The monoisotopic (exact) mass is 199 g/mol. The fourth-order valence-electron chi connectivity index (χ4n) is 0.967. The van der Waals surface area contributed by atoms with Gasteiger partial charge in [-0.15, -0.1) is 12.3 Å². The summed E-state index contributed by atoms with van der Waals surface area (Å²) in [7, 11) is 2.01. The minimum Gasteiger partial charge on any atom is -0.316 e. The normalized spacial score (nSPS) is 14.9. The lowest BCUT2D eigenvalue weighted by molar-refractivity contribution is 0.581. The fourth-order valence-corrected chi connectivity index (χ4v) is 2.10. The predicted octanol–water partition coefficient (Wildman–Crippen LogP) is 2.52. The van der Waals surface area contributed by atoms with Gasteiger partial charge in [-0.1, -0.05) is 13.8 Å². The Morgan fingerprint density at radius 2 is 2.23 bits per heavy atom. The van der Waals surface area contributed by atoms with Crippen molar-refractivity contribution in [3.8, 4) is 12.3 Å². The summed E-state index contributed by atoms with van der Waals surface area (Å²) < 4.78 is 0. The molecule has 0 saturated heterocycles. The maximum Gasteiger partial charge on any atom is 0.0164 e. The van der Waals surface area contributed by atoms with E-state index in [9.17, 15) is 0 Å². The number of nitrogens with one attached hydrogen (secondary N) is 1. The van der Waals surface area contributed by atoms with Crippen LogP contribution in [0, 0.1) is 12.3 Å². The molecule has 0 bridgehead atoms. The molecule has 0 aromatic rings. The third kappa shape index (κ3) is 6.98. The highest BCUT2D eigenvalue weighted by Crippen LogP contribution is 2.15. The molecule has 0 heterocycles. The zero-order valence-corrected chi connectivity index (χ0v) is 9.79. The lowest BCUT2D eigenvalue weighted by Crippen LogP contribution is -2.28. The molecule has 0 aromatic heterocycles. The minimum absolute atomic E-state index is 0.579. The van der Waals surface area contributed by atoms with Gasteiger partial charge in [0, 0.05) is 23.5 Å². The maximum absolute atomic E-state index is 5.23. The molecular weight excluding hydrogens is 178 g/mol. The largest absolute Gasteiger partial charge is 0.316 e. The molecule has 0 aromatic carbocycles. The maximum atomic E-state index is 5.23. The number of hydrogen-bond acceptors (Lipinski definition) is 2. The first-order valence-corrected chi connectivity index (χ1v) is 6.01. The Morgan fingerprint density at radius 1 is 1.54 bits per heavy atom. The van der Waals surface area contributed by atoms with E-state index in [2.05, 4.69) is 25.1 Å². The molecular formula is C11H21NS. The molecule has 0 aliphatic heterocycles. The second-order valence-electron chi connectivity index (χ2n) is 3.28. The summed E-state index contributed by atoms with van der Waals surface area (Å²) in [5.41, 5.74) is 0. The van der Waals surface area contributed by atoms with Crippen LogP contribution in [0.2, 0.25) is 0 Å². The van der Waals surface area contributed by atoms with Gasteiger partial charge in [0.1, 0.15) is 0 Å². The van der Waals surface area contributed by atoms with E-state index in [0.717, 1.165) is 18.1 Å². The summed E-state index contributed by atoms with van der Waals surface area (Å²) in [6, 6.07) is 0.579. The third-order valence-electron chi connectivity index (χ3n) is 2.20. The van der Waals surface area contributed by atoms with E-state index in [1.807, 2.05) is 18.8 Å². The summed E-state index contributed by atoms with van der Waals surface area (Å²) in [6.45, 7) is 4.51. The summed E-state index contributed by atoms with van der Waals surface area (Å²) in [4.78, 5) is 0. The molecule has 0 fully saturated rings. The van der Waals surface area contributed by atoms with Crippen LogP contribution in [0.15, 0.2) is 0 Å². The molecule has 2 atom stereocenters. The zero-order chi connectivity index (χ0) is 10.1. The van der Waals surface area contributed by atoms with Gasteiger partial charge in [-0.25, -0.2) is 0 Å². The molecule has 13 heavy (non-hydrogen) atoms. The Hall–Kier alpha value is -0.130. The molecule has 0 spiro atoms. The SMILES string of the molecule is C#CCCC(CSC(C)CC)NC. The smallest absolute Gasteiger partial charge is 0.0164 e. The molecule has 0 aliphatic carbocycles. The number of hydrogen-bond donors (Lipinski definition) is 1. The Bertz CT molecular complexity index is 151. The molecule has 0 aliphatic rings. The number of terminal acetylenes is 1. The molecule has 76 valence electrons. The Kier molecular flexibility index (Phi) is 8.38. The van der Waals surface area contributed by atoms with Crippen LogP contribution in [0.25, 0.3) is 0 Å². The van der Waals surface area contributed by atoms with Crippen LogP contribution < -0.4 is 5.32 Å². The fraction of sp³-hybridized carbons (Fsp3) is 0.818. The Labute approximate surface area is 87.1 Å². The van der Waals surface area contributed by atoms with Crippen LogP contribution in [0.4, 0.5) is 0 Å². The molecule has 0 rings (SSSR count). The van der Waals surface area contributed by atoms with Crippen molar-refractivity contribution >= 4 is 11.8 Å². The molecule has 0 radical (unpaired) electrons. The summed E-state index contributed by atoms with van der Waals surface area (Å²) >= 11 is 2.03. The third-order valence-corrected chi connectivity index (χ3v) is 3.70. The quantitative estimate of drug-likeness (QED) is 0.632. The van der Waals surface area contributed by atoms with Gasteiger partial charge in [0.2, 0.25) is 0 Å². The van der Waals surface area contributed by atoms with E-state index in [0.29, 0.717) is 6.04 Å². The van der Waals surface area contributed by atoms with Crippen LogP contribution in [-0.2, 0) is 0 Å². The van der Waals surface area contributed by atoms with Crippen LogP contribution in [0.5, 0.6) is 0 Å². The van der Waals surface area contributed by atoms with Gasteiger partial charge in [0.15, 0.2) is 0 Å². The lowest BCUT2D eigenvalue weighted by Gasteiger charge is -2.16. The van der Waals surface area contributed by atoms with Gasteiger partial charge in [-0.05, 0) is 19.9 Å². The van der Waals surface area contributed by atoms with Crippen LogP contribution in [0.1, 0.15) is 33.1 Å². The average Bonchev–Trinajstić information content (AvgIpc) is 2.17. The second-order valence-corrected chi connectivity index (χ2v) is 4.75. The van der Waals surface area contributed by atoms with Gasteiger partial charge in [-0.3, -0.25) is 0 Å². The molecule has 2 heteroatoms. The van der Waals surface area contributed by atoms with Crippen molar-refractivity contribution in [2.24, 2.45) is 0 Å². The molecule has 2 unspecified atom stereocenters. The van der Waals surface area contributed by atoms with Crippen LogP contribution >= 0.6 is 11.8 Å². The van der Waals surface area contributed by atoms with Gasteiger partial charge < -0.3 is 5.32 Å². The molecule has 0 amide bonds. The van der Waals surface area contributed by atoms with E-state index in [1.54, 1.807) is 0 Å². The first kappa shape index (κ1) is 12.9. The van der Waals surface area contributed by atoms with Crippen molar-refractivity contribution in [1.82, 2.24) is 5.32 Å². The lowest BCUT2D eigenvalue weighted by atomic mass is 10.2. The molecule has 1 nitrogen and oxygen atoms in total. The van der Waals surface area contributed by atoms with E-state index >= 15 is 0 Å². The van der Waals surface area contributed by atoms with Crippen molar-refractivity contribution in [3.05, 3.63) is 0 Å². The van der Waals surface area contributed by atoms with E-state index < -0.39 is 0 Å². The van der Waals surface area contributed by atoms with Gasteiger partial charge >= 0.3 is 0 Å². The number of rotatable bonds is 7. The van der Waals surface area contributed by atoms with Crippen molar-refractivity contribution < 1.29 is 0 Å². The van der Waals surface area contributed by atoms with Gasteiger partial charge in [0.25, 0.3) is 0 Å². The number of thioether (sulfide) groups is 1. The zero-order valence-electron chi connectivity index (χ0n) is 8.97. The van der Waals surface area contributed by atoms with Gasteiger partial charge in [-0.2, -0.15) is 11.8 Å². The van der Waals surface area contributed by atoms with E-state index in [4.69, 9.17) is 6.42 Å². The highest BCUT2D eigenvalue weighted by atomic mass is 32.2. The topological polar surface area (TPSA) is 12.0 Å². The second kappa shape index (κ2) is 8.47. The van der Waals surface area contributed by atoms with Crippen molar-refractivity contribution in [1.29, 1.82) is 0 Å². The van der Waals surface area contributed by atoms with Crippen LogP contribution in [-0.4, -0.2) is 24.1 Å². The Morgan fingerprint density at radius 3 is 2.69 bits per heavy atom. The highest BCUT2D eigenvalue weighted by Gasteiger charge is 2.07. The summed E-state index contributed by atoms with van der Waals surface area (Å²) in [6.07, 6.45) is 8.45. The van der Waals surface area contributed by atoms with E-state index in [-0.39, 0.29) is 0 Å². The summed E-state index contributed by atoms with van der Waals surface area (Å²) in [5, 5.41) is 4.07. The van der Waals surface area contributed by atoms with Crippen molar-refractivity contribution in [2.75, 3.05) is 12.8 Å². The average molecular weight is 199 g/mol. The van der Waals surface area contributed by atoms with Crippen molar-refractivity contribution in [2.45, 2.75) is 44.4 Å². The first-order valence-electron chi connectivity index (χ1n) is 4.96. The standard InChI is InChI=1S/C11H21NS/c1-5-7-8-11(12-4)9-13-10(3)6-2/h1,10-12H,6-9H2,2-4H3.